The fourth-order valence-electron chi connectivity index (χ4n) is 5.08. The van der Waals surface area contributed by atoms with Crippen LogP contribution in [0.15, 0.2) is 52.4 Å². The van der Waals surface area contributed by atoms with E-state index in [9.17, 15) is 17.6 Å². The Bertz CT molecular complexity index is 1340. The number of halogens is 1. The molecule has 0 aromatic heterocycles. The van der Waals surface area contributed by atoms with Crippen LogP contribution in [0.2, 0.25) is 0 Å². The minimum atomic E-state index is -3.75. The van der Waals surface area contributed by atoms with E-state index in [1.807, 2.05) is 19.0 Å². The van der Waals surface area contributed by atoms with Gasteiger partial charge in [0.25, 0.3) is 0 Å². The lowest BCUT2D eigenvalue weighted by Crippen LogP contribution is -2.40. The number of likely N-dealkylation sites (N-methyl/N-ethyl adjacent to an activating group) is 1. The first-order chi connectivity index (χ1) is 17.7. The van der Waals surface area contributed by atoms with Gasteiger partial charge >= 0.3 is 0 Å². The summed E-state index contributed by atoms with van der Waals surface area (Å²) in [5, 5.41) is 0. The van der Waals surface area contributed by atoms with Crippen molar-refractivity contribution in [2.75, 3.05) is 67.1 Å². The Labute approximate surface area is 216 Å². The molecule has 0 spiro atoms. The van der Waals surface area contributed by atoms with Gasteiger partial charge < -0.3 is 24.0 Å². The van der Waals surface area contributed by atoms with E-state index >= 15 is 0 Å². The third-order valence-electron chi connectivity index (χ3n) is 6.87. The van der Waals surface area contributed by atoms with E-state index in [0.29, 0.717) is 55.7 Å². The number of fused-ring (bicyclic) bond motifs is 1. The zero-order valence-corrected chi connectivity index (χ0v) is 21.9. The molecule has 0 saturated carbocycles. The smallest absolute Gasteiger partial charge is 0.243 e. The number of hydrogen-bond donors (Lipinski definition) is 0. The van der Waals surface area contributed by atoms with E-state index in [1.54, 1.807) is 11.0 Å². The molecule has 0 bridgehead atoms. The minimum absolute atomic E-state index is 0.145. The number of nitrogens with zero attached hydrogens (tertiary/aromatic N) is 3. The van der Waals surface area contributed by atoms with Crippen molar-refractivity contribution in [2.24, 2.45) is 0 Å². The summed E-state index contributed by atoms with van der Waals surface area (Å²) >= 11 is 0. The number of ether oxygens (including phenoxy) is 3. The first kappa shape index (κ1) is 25.5. The van der Waals surface area contributed by atoms with Crippen LogP contribution in [-0.2, 0) is 14.8 Å². The first-order valence-corrected chi connectivity index (χ1v) is 13.5. The molecule has 2 aromatic rings. The largest absolute Gasteiger partial charge is 0.496 e. The monoisotopic (exact) mass is 531 g/mol. The number of methoxy groups -OCH3 is 1. The summed E-state index contributed by atoms with van der Waals surface area (Å²) in [6.45, 7) is 2.29. The Kier molecular flexibility index (Phi) is 6.86. The number of benzene rings is 2. The van der Waals surface area contributed by atoms with Crippen molar-refractivity contribution < 1.29 is 31.8 Å². The van der Waals surface area contributed by atoms with Crippen LogP contribution in [0.4, 0.5) is 4.39 Å². The van der Waals surface area contributed by atoms with Crippen molar-refractivity contribution in [3.05, 3.63) is 58.9 Å². The highest BCUT2D eigenvalue weighted by Crippen LogP contribution is 2.37. The molecule has 11 heteroatoms. The topological polar surface area (TPSA) is 88.6 Å². The Balaban J connectivity index is 1.30. The van der Waals surface area contributed by atoms with Crippen molar-refractivity contribution in [2.45, 2.75) is 10.8 Å². The number of rotatable bonds is 7. The van der Waals surface area contributed by atoms with Crippen LogP contribution in [0.5, 0.6) is 17.2 Å². The highest BCUT2D eigenvalue weighted by Gasteiger charge is 2.40. The highest BCUT2D eigenvalue weighted by atomic mass is 32.2. The SMILES string of the molecule is COc1ccc(F)cc1C(CN(C)C)C(=O)N1CC2=C(C1)CN(S(=O)(=O)c1ccc3c(c1)OCCO3)C2. The van der Waals surface area contributed by atoms with E-state index in [-0.39, 0.29) is 23.9 Å². The van der Waals surface area contributed by atoms with Crippen molar-refractivity contribution in [1.29, 1.82) is 0 Å². The summed E-state index contributed by atoms with van der Waals surface area (Å²) in [6, 6.07) is 8.83. The second kappa shape index (κ2) is 9.96. The fraction of sp³-hybridized carbons (Fsp3) is 0.423. The molecule has 5 rings (SSSR count). The second-order valence-electron chi connectivity index (χ2n) is 9.68. The third-order valence-corrected chi connectivity index (χ3v) is 8.66. The Morgan fingerprint density at radius 1 is 1.03 bits per heavy atom. The standard InChI is InChI=1S/C26H30FN3O6S/c1-28(2)16-22(21-10-19(27)4-6-23(21)34-3)26(31)29-12-17-14-30(15-18(17)13-29)37(32,33)20-5-7-24-25(11-20)36-9-8-35-24/h4-7,10-11,22H,8-9,12-16H2,1-3H3. The van der Waals surface area contributed by atoms with Crippen LogP contribution < -0.4 is 14.2 Å². The van der Waals surface area contributed by atoms with Gasteiger partial charge in [0, 0.05) is 44.4 Å². The van der Waals surface area contributed by atoms with E-state index in [2.05, 4.69) is 0 Å². The molecule has 1 atom stereocenters. The average molecular weight is 532 g/mol. The maximum atomic E-state index is 14.1. The van der Waals surface area contributed by atoms with Gasteiger partial charge in [-0.3, -0.25) is 4.79 Å². The molecule has 0 saturated heterocycles. The minimum Gasteiger partial charge on any atom is -0.496 e. The predicted molar refractivity (Wildman–Crippen MR) is 134 cm³/mol. The van der Waals surface area contributed by atoms with Crippen LogP contribution in [0, 0.1) is 5.82 Å². The molecule has 3 aliphatic heterocycles. The van der Waals surface area contributed by atoms with E-state index < -0.39 is 21.8 Å². The molecular formula is C26H30FN3O6S. The van der Waals surface area contributed by atoms with Crippen LogP contribution in [0.1, 0.15) is 11.5 Å². The summed E-state index contributed by atoms with van der Waals surface area (Å²) in [6.07, 6.45) is 0. The lowest BCUT2D eigenvalue weighted by Gasteiger charge is -2.29. The van der Waals surface area contributed by atoms with Crippen LogP contribution in [-0.4, -0.2) is 95.6 Å². The Morgan fingerprint density at radius 3 is 2.35 bits per heavy atom. The van der Waals surface area contributed by atoms with Crippen molar-refractivity contribution >= 4 is 15.9 Å². The number of hydrogen-bond acceptors (Lipinski definition) is 7. The van der Waals surface area contributed by atoms with Gasteiger partial charge in [-0.15, -0.1) is 0 Å². The van der Waals surface area contributed by atoms with Crippen molar-refractivity contribution in [1.82, 2.24) is 14.1 Å². The molecule has 3 heterocycles. The quantitative estimate of drug-likeness (QED) is 0.506. The molecule has 9 nitrogen and oxygen atoms in total. The molecule has 0 radical (unpaired) electrons. The summed E-state index contributed by atoms with van der Waals surface area (Å²) in [7, 11) is 1.46. The summed E-state index contributed by atoms with van der Waals surface area (Å²) in [5.41, 5.74) is 2.34. The Morgan fingerprint density at radius 2 is 1.70 bits per heavy atom. The highest BCUT2D eigenvalue weighted by molar-refractivity contribution is 7.89. The molecule has 37 heavy (non-hydrogen) atoms. The van der Waals surface area contributed by atoms with Crippen LogP contribution in [0.25, 0.3) is 0 Å². The first-order valence-electron chi connectivity index (χ1n) is 12.0. The van der Waals surface area contributed by atoms with Crippen LogP contribution in [0.3, 0.4) is 0 Å². The van der Waals surface area contributed by atoms with Gasteiger partial charge in [-0.25, -0.2) is 12.8 Å². The number of amides is 1. The molecule has 1 unspecified atom stereocenters. The molecule has 1 amide bonds. The maximum absolute atomic E-state index is 14.1. The number of sulfonamides is 1. The lowest BCUT2D eigenvalue weighted by molar-refractivity contribution is -0.132. The molecule has 198 valence electrons. The van der Waals surface area contributed by atoms with Crippen LogP contribution >= 0.6 is 0 Å². The lowest BCUT2D eigenvalue weighted by atomic mass is 9.95. The van der Waals surface area contributed by atoms with Gasteiger partial charge in [0.05, 0.1) is 17.9 Å². The van der Waals surface area contributed by atoms with Gasteiger partial charge in [0.2, 0.25) is 15.9 Å². The molecular weight excluding hydrogens is 501 g/mol. The van der Waals surface area contributed by atoms with Gasteiger partial charge in [0.1, 0.15) is 24.8 Å². The number of carbonyl (C=O) groups excluding carboxylic acids is 1. The molecule has 2 aromatic carbocycles. The van der Waals surface area contributed by atoms with E-state index in [0.717, 1.165) is 11.1 Å². The van der Waals surface area contributed by atoms with E-state index in [4.69, 9.17) is 14.2 Å². The van der Waals surface area contributed by atoms with Gasteiger partial charge in [0.15, 0.2) is 11.5 Å². The Hall–Kier alpha value is -3.15. The van der Waals surface area contributed by atoms with Gasteiger partial charge in [-0.1, -0.05) is 0 Å². The summed E-state index contributed by atoms with van der Waals surface area (Å²) in [4.78, 5) is 17.4. The molecule has 0 N–H and O–H groups in total. The van der Waals surface area contributed by atoms with Gasteiger partial charge in [-0.05, 0) is 55.6 Å². The van der Waals surface area contributed by atoms with Crippen molar-refractivity contribution in [3.63, 3.8) is 0 Å². The third kappa shape index (κ3) is 4.90. The zero-order chi connectivity index (χ0) is 26.3. The number of carbonyl (C=O) groups is 1. The van der Waals surface area contributed by atoms with E-state index in [1.165, 1.54) is 41.7 Å². The predicted octanol–water partition coefficient (Wildman–Crippen LogP) is 2.09. The fourth-order valence-corrected chi connectivity index (χ4v) is 6.52. The summed E-state index contributed by atoms with van der Waals surface area (Å²) < 4.78 is 58.7. The summed E-state index contributed by atoms with van der Waals surface area (Å²) in [5.74, 6) is 0.200. The maximum Gasteiger partial charge on any atom is 0.243 e. The second-order valence-corrected chi connectivity index (χ2v) is 11.6. The van der Waals surface area contributed by atoms with Gasteiger partial charge in [-0.2, -0.15) is 4.31 Å². The normalized spacial score (nSPS) is 18.4. The van der Waals surface area contributed by atoms with Crippen molar-refractivity contribution in [3.8, 4) is 17.2 Å². The molecule has 0 fully saturated rings. The average Bonchev–Trinajstić information content (AvgIpc) is 3.47. The molecule has 3 aliphatic rings. The zero-order valence-electron chi connectivity index (χ0n) is 21.1. The molecule has 0 aliphatic carbocycles.